The number of aliphatic hydroxyl groups is 1. The van der Waals surface area contributed by atoms with Crippen LogP contribution in [0.25, 0.3) is 11.0 Å². The van der Waals surface area contributed by atoms with Crippen LogP contribution < -0.4 is 4.90 Å². The van der Waals surface area contributed by atoms with Crippen LogP contribution in [0.5, 0.6) is 0 Å². The molecule has 6 heteroatoms. The maximum Gasteiger partial charge on any atom is 0.247 e. The smallest absolute Gasteiger partial charge is 0.247 e. The molecular formula is C29H33N3O3. The molecule has 4 rings (SSSR count). The minimum Gasteiger partial charge on any atom is -0.383 e. The molecule has 2 atom stereocenters. The highest BCUT2D eigenvalue weighted by molar-refractivity contribution is 5.96. The van der Waals surface area contributed by atoms with E-state index in [0.717, 1.165) is 39.8 Å². The predicted molar refractivity (Wildman–Crippen MR) is 140 cm³/mol. The van der Waals surface area contributed by atoms with Crippen molar-refractivity contribution in [3.05, 3.63) is 95.3 Å². The van der Waals surface area contributed by atoms with Gasteiger partial charge in [-0.2, -0.15) is 0 Å². The zero-order valence-corrected chi connectivity index (χ0v) is 20.8. The Balaban J connectivity index is 1.80. The second-order valence-electron chi connectivity index (χ2n) is 8.86. The SMILES string of the molecule is CCc1cccc(C)c1N(C(=O)Cn1c([C@H](O)c2ccccc2)nc2ccccc21)[C@H](C)COC. The van der Waals surface area contributed by atoms with Crippen molar-refractivity contribution in [3.63, 3.8) is 0 Å². The number of aryl methyl sites for hydroxylation is 2. The standard InChI is InChI=1S/C29H33N3O3/c1-5-22-15-11-12-20(2)27(22)32(21(3)19-35-4)26(33)18-31-25-17-10-9-16-24(25)30-29(31)28(34)23-13-7-6-8-14-23/h6-17,21,28,34H,5,18-19H2,1-4H3/t21-,28-/m1/s1. The summed E-state index contributed by atoms with van der Waals surface area (Å²) in [5.41, 5.74) is 5.37. The maximum absolute atomic E-state index is 14.0. The molecule has 3 aromatic carbocycles. The summed E-state index contributed by atoms with van der Waals surface area (Å²) in [6.07, 6.45) is -0.141. The molecule has 0 radical (unpaired) electrons. The number of anilines is 1. The van der Waals surface area contributed by atoms with Crippen LogP contribution in [-0.4, -0.2) is 40.3 Å². The van der Waals surface area contributed by atoms with Gasteiger partial charge in [-0.1, -0.05) is 67.6 Å². The highest BCUT2D eigenvalue weighted by atomic mass is 16.5. The number of carbonyl (C=O) groups is 1. The molecule has 1 aromatic heterocycles. The predicted octanol–water partition coefficient (Wildman–Crippen LogP) is 5.06. The molecule has 0 saturated carbocycles. The van der Waals surface area contributed by atoms with Crippen molar-refractivity contribution in [2.45, 2.75) is 45.9 Å². The molecule has 0 bridgehead atoms. The number of hydrogen-bond donors (Lipinski definition) is 1. The van der Waals surface area contributed by atoms with E-state index in [0.29, 0.717) is 12.4 Å². The van der Waals surface area contributed by atoms with Gasteiger partial charge in [0.2, 0.25) is 5.91 Å². The van der Waals surface area contributed by atoms with E-state index in [-0.39, 0.29) is 18.5 Å². The van der Waals surface area contributed by atoms with Gasteiger partial charge in [-0.25, -0.2) is 4.98 Å². The highest BCUT2D eigenvalue weighted by Crippen LogP contribution is 2.30. The first-order valence-corrected chi connectivity index (χ1v) is 12.0. The molecule has 0 aliphatic carbocycles. The van der Waals surface area contributed by atoms with E-state index in [9.17, 15) is 9.90 Å². The van der Waals surface area contributed by atoms with Crippen molar-refractivity contribution in [3.8, 4) is 0 Å². The Morgan fingerprint density at radius 1 is 1.06 bits per heavy atom. The quantitative estimate of drug-likeness (QED) is 0.371. The van der Waals surface area contributed by atoms with Crippen LogP contribution in [0.4, 0.5) is 5.69 Å². The Bertz CT molecular complexity index is 1300. The Kier molecular flexibility index (Phi) is 7.63. The molecule has 6 nitrogen and oxygen atoms in total. The first kappa shape index (κ1) is 24.6. The van der Waals surface area contributed by atoms with E-state index in [1.165, 1.54) is 0 Å². The number of hydrogen-bond acceptors (Lipinski definition) is 4. The largest absolute Gasteiger partial charge is 0.383 e. The van der Waals surface area contributed by atoms with Gasteiger partial charge in [0, 0.05) is 7.11 Å². The van der Waals surface area contributed by atoms with Crippen molar-refractivity contribution in [2.75, 3.05) is 18.6 Å². The van der Waals surface area contributed by atoms with Crippen molar-refractivity contribution >= 4 is 22.6 Å². The summed E-state index contributed by atoms with van der Waals surface area (Å²) < 4.78 is 7.28. The third-order valence-corrected chi connectivity index (χ3v) is 6.40. The van der Waals surface area contributed by atoms with Crippen LogP contribution >= 0.6 is 0 Å². The average Bonchev–Trinajstić information content (AvgIpc) is 3.23. The second kappa shape index (κ2) is 10.8. The van der Waals surface area contributed by atoms with Gasteiger partial charge >= 0.3 is 0 Å². The summed E-state index contributed by atoms with van der Waals surface area (Å²) in [6, 6.07) is 23.0. The van der Waals surface area contributed by atoms with Crippen LogP contribution in [0, 0.1) is 6.92 Å². The minimum atomic E-state index is -0.953. The summed E-state index contributed by atoms with van der Waals surface area (Å²) in [6.45, 7) is 6.59. The molecule has 4 aromatic rings. The fraction of sp³-hybridized carbons (Fsp3) is 0.310. The molecule has 0 aliphatic rings. The van der Waals surface area contributed by atoms with Crippen LogP contribution in [-0.2, 0) is 22.5 Å². The van der Waals surface area contributed by atoms with Gasteiger partial charge in [-0.3, -0.25) is 4.79 Å². The molecular weight excluding hydrogens is 438 g/mol. The Labute approximate surface area is 206 Å². The first-order valence-electron chi connectivity index (χ1n) is 12.0. The van der Waals surface area contributed by atoms with E-state index >= 15 is 0 Å². The molecule has 35 heavy (non-hydrogen) atoms. The van der Waals surface area contributed by atoms with Crippen LogP contribution in [0.15, 0.2) is 72.8 Å². The molecule has 0 saturated heterocycles. The van der Waals surface area contributed by atoms with E-state index in [4.69, 9.17) is 9.72 Å². The molecule has 1 N–H and O–H groups in total. The van der Waals surface area contributed by atoms with E-state index in [1.807, 2.05) is 90.0 Å². The lowest BCUT2D eigenvalue weighted by Gasteiger charge is -2.32. The second-order valence-corrected chi connectivity index (χ2v) is 8.86. The molecule has 182 valence electrons. The van der Waals surface area contributed by atoms with Crippen molar-refractivity contribution in [1.82, 2.24) is 9.55 Å². The number of methoxy groups -OCH3 is 1. The number of rotatable bonds is 9. The van der Waals surface area contributed by atoms with Crippen LogP contribution in [0.1, 0.15) is 42.5 Å². The third kappa shape index (κ3) is 4.99. The van der Waals surface area contributed by atoms with Gasteiger partial charge in [0.1, 0.15) is 18.5 Å². The number of para-hydroxylation sites is 3. The molecule has 0 aliphatic heterocycles. The molecule has 0 spiro atoms. The Morgan fingerprint density at radius 2 is 1.77 bits per heavy atom. The van der Waals surface area contributed by atoms with E-state index < -0.39 is 6.10 Å². The van der Waals surface area contributed by atoms with E-state index in [1.54, 1.807) is 7.11 Å². The van der Waals surface area contributed by atoms with Gasteiger partial charge in [-0.15, -0.1) is 0 Å². The van der Waals surface area contributed by atoms with Gasteiger partial charge < -0.3 is 19.3 Å². The van der Waals surface area contributed by atoms with Gasteiger partial charge in [0.15, 0.2) is 0 Å². The number of amides is 1. The lowest BCUT2D eigenvalue weighted by Crippen LogP contribution is -2.44. The number of carbonyl (C=O) groups excluding carboxylic acids is 1. The fourth-order valence-electron chi connectivity index (χ4n) is 4.72. The summed E-state index contributed by atoms with van der Waals surface area (Å²) >= 11 is 0. The number of aromatic nitrogens is 2. The van der Waals surface area contributed by atoms with Gasteiger partial charge in [-0.05, 0) is 49.1 Å². The topological polar surface area (TPSA) is 67.6 Å². The first-order chi connectivity index (χ1) is 17.0. The van der Waals surface area contributed by atoms with Crippen molar-refractivity contribution < 1.29 is 14.6 Å². The molecule has 0 fully saturated rings. The fourth-order valence-corrected chi connectivity index (χ4v) is 4.72. The monoisotopic (exact) mass is 471 g/mol. The summed E-state index contributed by atoms with van der Waals surface area (Å²) in [5.74, 6) is 0.369. The third-order valence-electron chi connectivity index (χ3n) is 6.40. The molecule has 1 heterocycles. The van der Waals surface area contributed by atoms with Crippen molar-refractivity contribution in [1.29, 1.82) is 0 Å². The number of ether oxygens (including phenoxy) is 1. The zero-order valence-electron chi connectivity index (χ0n) is 20.8. The highest BCUT2D eigenvalue weighted by Gasteiger charge is 2.28. The van der Waals surface area contributed by atoms with Crippen LogP contribution in [0.3, 0.4) is 0 Å². The van der Waals surface area contributed by atoms with Crippen LogP contribution in [0.2, 0.25) is 0 Å². The maximum atomic E-state index is 14.0. The lowest BCUT2D eigenvalue weighted by atomic mass is 10.0. The molecule has 1 amide bonds. The summed E-state index contributed by atoms with van der Waals surface area (Å²) in [5, 5.41) is 11.2. The minimum absolute atomic E-state index is 0.0469. The van der Waals surface area contributed by atoms with Gasteiger partial charge in [0.25, 0.3) is 0 Å². The average molecular weight is 472 g/mol. The number of imidazole rings is 1. The number of nitrogens with zero attached hydrogens (tertiary/aromatic N) is 3. The number of benzene rings is 3. The van der Waals surface area contributed by atoms with Gasteiger partial charge in [0.05, 0.1) is 29.4 Å². The lowest BCUT2D eigenvalue weighted by molar-refractivity contribution is -0.119. The normalized spacial score (nSPS) is 13.1. The zero-order chi connectivity index (χ0) is 24.9. The summed E-state index contributed by atoms with van der Waals surface area (Å²) in [7, 11) is 1.65. The Hall–Kier alpha value is -3.48. The Morgan fingerprint density at radius 3 is 2.49 bits per heavy atom. The van der Waals surface area contributed by atoms with Crippen molar-refractivity contribution in [2.24, 2.45) is 0 Å². The number of fused-ring (bicyclic) bond motifs is 1. The molecule has 0 unspecified atom stereocenters. The summed E-state index contributed by atoms with van der Waals surface area (Å²) in [4.78, 5) is 20.6. The number of aliphatic hydroxyl groups excluding tert-OH is 1. The van der Waals surface area contributed by atoms with E-state index in [2.05, 4.69) is 13.0 Å².